The van der Waals surface area contributed by atoms with E-state index in [-0.39, 0.29) is 17.0 Å². The highest BCUT2D eigenvalue weighted by Gasteiger charge is 2.26. The molecule has 1 aromatic rings. The number of ether oxygens (including phenoxy) is 1. The summed E-state index contributed by atoms with van der Waals surface area (Å²) in [6.07, 6.45) is 0.847. The van der Waals surface area contributed by atoms with Crippen LogP contribution in [0.25, 0.3) is 0 Å². The fraction of sp³-hybridized carbons (Fsp3) is 0.353. The molecule has 1 aliphatic heterocycles. The highest BCUT2D eigenvalue weighted by atomic mass is 35.5. The fourth-order valence-electron chi connectivity index (χ4n) is 2.40. The molecule has 28 heavy (non-hydrogen) atoms. The lowest BCUT2D eigenvalue weighted by Gasteiger charge is -2.25. The van der Waals surface area contributed by atoms with Gasteiger partial charge in [-0.2, -0.15) is 0 Å². The average Bonchev–Trinajstić information content (AvgIpc) is 2.86. The summed E-state index contributed by atoms with van der Waals surface area (Å²) in [5, 5.41) is 21.5. The van der Waals surface area contributed by atoms with Crippen LogP contribution in [0.4, 0.5) is 9.18 Å². The molecule has 1 heterocycles. The molecule has 0 saturated carbocycles. The molecule has 1 aliphatic rings. The number of amides is 2. The van der Waals surface area contributed by atoms with Crippen molar-refractivity contribution in [1.29, 1.82) is 0 Å². The van der Waals surface area contributed by atoms with Gasteiger partial charge in [0.05, 0.1) is 17.7 Å². The Morgan fingerprint density at radius 3 is 2.50 bits per heavy atom. The van der Waals surface area contributed by atoms with Crippen molar-refractivity contribution in [2.45, 2.75) is 6.10 Å². The molecular formula is C17H21ClFN3O6. The first-order valence-corrected chi connectivity index (χ1v) is 8.53. The summed E-state index contributed by atoms with van der Waals surface area (Å²) in [4.78, 5) is 30.0. The number of primary amides is 1. The van der Waals surface area contributed by atoms with E-state index in [0.29, 0.717) is 31.8 Å². The van der Waals surface area contributed by atoms with Crippen LogP contribution in [0.1, 0.15) is 11.7 Å². The first-order chi connectivity index (χ1) is 13.2. The van der Waals surface area contributed by atoms with Gasteiger partial charge in [0, 0.05) is 37.7 Å². The molecule has 0 aromatic heterocycles. The van der Waals surface area contributed by atoms with Crippen LogP contribution < -0.4 is 16.4 Å². The zero-order chi connectivity index (χ0) is 21.1. The summed E-state index contributed by atoms with van der Waals surface area (Å²) in [5.41, 5.74) is 5.88. The van der Waals surface area contributed by atoms with Crippen molar-refractivity contribution in [3.63, 3.8) is 0 Å². The molecule has 0 bridgehead atoms. The molecule has 0 spiro atoms. The van der Waals surface area contributed by atoms with E-state index in [1.165, 1.54) is 6.07 Å². The second-order valence-corrected chi connectivity index (χ2v) is 6.09. The van der Waals surface area contributed by atoms with Gasteiger partial charge in [0.15, 0.2) is 0 Å². The quantitative estimate of drug-likeness (QED) is 0.450. The van der Waals surface area contributed by atoms with E-state index in [1.54, 1.807) is 12.1 Å². The number of hydrogen-bond donors (Lipinski definition) is 5. The van der Waals surface area contributed by atoms with Gasteiger partial charge >= 0.3 is 18.0 Å². The zero-order valence-electron chi connectivity index (χ0n) is 14.7. The maximum absolute atomic E-state index is 13.2. The van der Waals surface area contributed by atoms with Gasteiger partial charge in [-0.1, -0.05) is 17.7 Å². The van der Waals surface area contributed by atoms with E-state index >= 15 is 0 Å². The number of carbonyl (C=O) groups is 3. The van der Waals surface area contributed by atoms with Crippen LogP contribution in [-0.4, -0.2) is 54.4 Å². The van der Waals surface area contributed by atoms with Crippen LogP contribution in [-0.2, 0) is 14.3 Å². The molecular weight excluding hydrogens is 397 g/mol. The fourth-order valence-corrected chi connectivity index (χ4v) is 2.59. The van der Waals surface area contributed by atoms with Gasteiger partial charge in [-0.3, -0.25) is 0 Å². The molecule has 2 atom stereocenters. The minimum atomic E-state index is -1.26. The van der Waals surface area contributed by atoms with Crippen LogP contribution in [0, 0.1) is 11.7 Å². The number of halogens is 2. The lowest BCUT2D eigenvalue weighted by atomic mass is 9.95. The van der Waals surface area contributed by atoms with Gasteiger partial charge < -0.3 is 31.3 Å². The van der Waals surface area contributed by atoms with Gasteiger partial charge in [0.25, 0.3) is 0 Å². The number of carboxylic acid groups (broad SMARTS) is 2. The number of nitrogens with one attached hydrogen (secondary N) is 2. The summed E-state index contributed by atoms with van der Waals surface area (Å²) in [7, 11) is 0. The van der Waals surface area contributed by atoms with Crippen LogP contribution in [0.15, 0.2) is 30.4 Å². The Morgan fingerprint density at radius 1 is 1.32 bits per heavy atom. The average molecular weight is 418 g/mol. The second kappa shape index (κ2) is 11.9. The molecule has 0 unspecified atom stereocenters. The topological polar surface area (TPSA) is 151 Å². The number of carboxylic acids is 2. The molecule has 0 radical (unpaired) electrons. The molecule has 1 fully saturated rings. The van der Waals surface area contributed by atoms with Crippen LogP contribution in [0.2, 0.25) is 5.02 Å². The first-order valence-electron chi connectivity index (χ1n) is 8.15. The Labute approximate surface area is 165 Å². The summed E-state index contributed by atoms with van der Waals surface area (Å²) in [6.45, 7) is 2.30. The van der Waals surface area contributed by atoms with E-state index in [4.69, 9.17) is 32.3 Å². The molecule has 6 N–H and O–H groups in total. The summed E-state index contributed by atoms with van der Waals surface area (Å²) in [6, 6.07) is 3.95. The number of benzene rings is 1. The number of rotatable bonds is 5. The standard InChI is InChI=1S/C13H17ClFN3O2.C4H4O4/c14-10-5-8(1-2-11(10)15)12-9(7-18-13(16)19)6-17-3-4-20-12;5-3(6)1-2-4(7)8/h1-2,5,9,12,17H,3-4,6-7H2,(H3,16,18,19);1-2H,(H,5,6)(H,7,8)/b;2-1+/t9-,12-;/m0./s1. The molecule has 1 aromatic carbocycles. The van der Waals surface area contributed by atoms with Crippen molar-refractivity contribution in [2.24, 2.45) is 11.7 Å². The third kappa shape index (κ3) is 8.80. The van der Waals surface area contributed by atoms with Gasteiger partial charge in [-0.25, -0.2) is 18.8 Å². The molecule has 2 amide bonds. The Morgan fingerprint density at radius 2 is 1.96 bits per heavy atom. The lowest BCUT2D eigenvalue weighted by molar-refractivity contribution is -0.134. The lowest BCUT2D eigenvalue weighted by Crippen LogP contribution is -2.38. The van der Waals surface area contributed by atoms with Crippen LogP contribution in [0.5, 0.6) is 0 Å². The zero-order valence-corrected chi connectivity index (χ0v) is 15.5. The number of carbonyl (C=O) groups excluding carboxylic acids is 1. The van der Waals surface area contributed by atoms with Crippen molar-refractivity contribution in [3.8, 4) is 0 Å². The molecule has 2 rings (SSSR count). The Balaban J connectivity index is 0.000000416. The number of aliphatic carboxylic acids is 2. The molecule has 11 heteroatoms. The summed E-state index contributed by atoms with van der Waals surface area (Å²) >= 11 is 5.81. The molecule has 1 saturated heterocycles. The highest BCUT2D eigenvalue weighted by Crippen LogP contribution is 2.29. The third-order valence-electron chi connectivity index (χ3n) is 3.59. The van der Waals surface area contributed by atoms with Crippen molar-refractivity contribution in [3.05, 3.63) is 46.8 Å². The van der Waals surface area contributed by atoms with E-state index in [2.05, 4.69) is 10.6 Å². The maximum Gasteiger partial charge on any atom is 0.328 e. The smallest absolute Gasteiger partial charge is 0.328 e. The number of urea groups is 1. The summed E-state index contributed by atoms with van der Waals surface area (Å²) < 4.78 is 19.0. The molecule has 0 aliphatic carbocycles. The Bertz CT molecular complexity index is 715. The maximum atomic E-state index is 13.2. The molecule has 154 valence electrons. The minimum Gasteiger partial charge on any atom is -0.478 e. The second-order valence-electron chi connectivity index (χ2n) is 5.68. The number of nitrogens with two attached hydrogens (primary N) is 1. The predicted octanol–water partition coefficient (Wildman–Crippen LogP) is 1.14. The Hall–Kier alpha value is -2.69. The normalized spacial score (nSPS) is 19.2. The SMILES string of the molecule is NC(=O)NC[C@@H]1CNCCO[C@H]1c1ccc(F)c(Cl)c1.O=C(O)/C=C/C(=O)O. The monoisotopic (exact) mass is 417 g/mol. The van der Waals surface area contributed by atoms with Crippen molar-refractivity contribution in [2.75, 3.05) is 26.2 Å². The summed E-state index contributed by atoms with van der Waals surface area (Å²) in [5.74, 6) is -2.99. The highest BCUT2D eigenvalue weighted by molar-refractivity contribution is 6.30. The van der Waals surface area contributed by atoms with E-state index in [1.807, 2.05) is 0 Å². The van der Waals surface area contributed by atoms with Gasteiger partial charge in [0.2, 0.25) is 0 Å². The van der Waals surface area contributed by atoms with Crippen molar-refractivity contribution < 1.29 is 33.7 Å². The van der Waals surface area contributed by atoms with E-state index in [9.17, 15) is 18.8 Å². The van der Waals surface area contributed by atoms with E-state index in [0.717, 1.165) is 12.1 Å². The predicted molar refractivity (Wildman–Crippen MR) is 98.5 cm³/mol. The van der Waals surface area contributed by atoms with Crippen molar-refractivity contribution in [1.82, 2.24) is 10.6 Å². The van der Waals surface area contributed by atoms with Crippen molar-refractivity contribution >= 4 is 29.6 Å². The van der Waals surface area contributed by atoms with E-state index < -0.39 is 23.8 Å². The first kappa shape index (κ1) is 23.3. The minimum absolute atomic E-state index is 0.00784. The largest absolute Gasteiger partial charge is 0.478 e. The van der Waals surface area contributed by atoms with Gasteiger partial charge in [-0.05, 0) is 17.7 Å². The Kier molecular flexibility index (Phi) is 9.93. The van der Waals surface area contributed by atoms with Crippen LogP contribution >= 0.6 is 11.6 Å². The number of hydrogen-bond acceptors (Lipinski definition) is 5. The van der Waals surface area contributed by atoms with Gasteiger partial charge in [0.1, 0.15) is 5.82 Å². The van der Waals surface area contributed by atoms with Crippen LogP contribution in [0.3, 0.4) is 0 Å². The third-order valence-corrected chi connectivity index (χ3v) is 3.88. The van der Waals surface area contributed by atoms with Gasteiger partial charge in [-0.15, -0.1) is 0 Å². The molecule has 9 nitrogen and oxygen atoms in total.